The van der Waals surface area contributed by atoms with E-state index in [-0.39, 0.29) is 17.6 Å². The lowest BCUT2D eigenvalue weighted by molar-refractivity contribution is -0.136. The number of ether oxygens (including phenoxy) is 1. The van der Waals surface area contributed by atoms with Gasteiger partial charge in [-0.05, 0) is 37.1 Å². The molecule has 2 amide bonds. The van der Waals surface area contributed by atoms with E-state index in [1.807, 2.05) is 30.3 Å². The highest BCUT2D eigenvalue weighted by atomic mass is 16.5. The molecule has 2 aromatic carbocycles. The van der Waals surface area contributed by atoms with Crippen LogP contribution in [0.15, 0.2) is 66.7 Å². The van der Waals surface area contributed by atoms with Crippen LogP contribution < -0.4 is 4.74 Å². The number of amides is 2. The Labute approximate surface area is 164 Å². The minimum absolute atomic E-state index is 0.00249. The Bertz CT molecular complexity index is 838. The fraction of sp³-hybridized carbons (Fsp3) is 0.261. The predicted molar refractivity (Wildman–Crippen MR) is 106 cm³/mol. The topological polar surface area (TPSA) is 63.7 Å². The van der Waals surface area contributed by atoms with Crippen molar-refractivity contribution in [3.8, 4) is 5.75 Å². The number of hydrogen-bond acceptors (Lipinski definition) is 4. The zero-order valence-electron chi connectivity index (χ0n) is 15.7. The summed E-state index contributed by atoms with van der Waals surface area (Å²) in [5, 5.41) is 0. The van der Waals surface area contributed by atoms with Crippen molar-refractivity contribution in [2.45, 2.75) is 25.7 Å². The molecule has 0 spiro atoms. The van der Waals surface area contributed by atoms with Crippen molar-refractivity contribution in [2.24, 2.45) is 0 Å². The second kappa shape index (κ2) is 9.65. The molecule has 5 nitrogen and oxygen atoms in total. The van der Waals surface area contributed by atoms with Crippen LogP contribution in [0.2, 0.25) is 0 Å². The zero-order valence-corrected chi connectivity index (χ0v) is 15.7. The molecular weight excluding hydrogens is 354 g/mol. The molecule has 28 heavy (non-hydrogen) atoms. The first-order valence-corrected chi connectivity index (χ1v) is 9.51. The number of ketones is 1. The van der Waals surface area contributed by atoms with Gasteiger partial charge in [-0.1, -0.05) is 43.2 Å². The SMILES string of the molecule is O=C(c1ccccc1)c1ccc(OCCCCCCN2C(=O)C=CC2=O)cc1. The van der Waals surface area contributed by atoms with Gasteiger partial charge in [0.25, 0.3) is 11.8 Å². The smallest absolute Gasteiger partial charge is 0.253 e. The standard InChI is InChI=1S/C23H23NO4/c25-21-14-15-22(26)24(21)16-6-1-2-7-17-28-20-12-10-19(11-13-20)23(27)18-8-4-3-5-9-18/h3-5,8-15H,1-2,6-7,16-17H2. The fourth-order valence-corrected chi connectivity index (χ4v) is 3.03. The summed E-state index contributed by atoms with van der Waals surface area (Å²) in [6.07, 6.45) is 6.23. The van der Waals surface area contributed by atoms with E-state index >= 15 is 0 Å². The maximum Gasteiger partial charge on any atom is 0.253 e. The summed E-state index contributed by atoms with van der Waals surface area (Å²) in [4.78, 5) is 36.5. The van der Waals surface area contributed by atoms with E-state index in [0.29, 0.717) is 24.3 Å². The first-order chi connectivity index (χ1) is 13.6. The minimum atomic E-state index is -0.220. The minimum Gasteiger partial charge on any atom is -0.494 e. The van der Waals surface area contributed by atoms with Crippen LogP contribution in [0.1, 0.15) is 41.6 Å². The molecule has 0 saturated heterocycles. The average Bonchev–Trinajstić information content (AvgIpc) is 3.05. The van der Waals surface area contributed by atoms with E-state index in [9.17, 15) is 14.4 Å². The van der Waals surface area contributed by atoms with Crippen molar-refractivity contribution in [3.63, 3.8) is 0 Å². The Balaban J connectivity index is 1.33. The molecule has 0 aliphatic carbocycles. The third-order valence-electron chi connectivity index (χ3n) is 4.60. The first-order valence-electron chi connectivity index (χ1n) is 9.51. The Hall–Kier alpha value is -3.21. The van der Waals surface area contributed by atoms with Gasteiger partial charge in [0.05, 0.1) is 6.61 Å². The van der Waals surface area contributed by atoms with E-state index in [1.54, 1.807) is 24.3 Å². The molecule has 1 heterocycles. The van der Waals surface area contributed by atoms with Crippen LogP contribution in [0.4, 0.5) is 0 Å². The third-order valence-corrected chi connectivity index (χ3v) is 4.60. The van der Waals surface area contributed by atoms with Crippen LogP contribution in [0, 0.1) is 0 Å². The Morgan fingerprint density at radius 3 is 2.04 bits per heavy atom. The van der Waals surface area contributed by atoms with Gasteiger partial charge < -0.3 is 4.74 Å². The number of hydrogen-bond donors (Lipinski definition) is 0. The van der Waals surface area contributed by atoms with Crippen molar-refractivity contribution in [1.29, 1.82) is 0 Å². The highest BCUT2D eigenvalue weighted by Crippen LogP contribution is 2.16. The summed E-state index contributed by atoms with van der Waals surface area (Å²) < 4.78 is 5.72. The van der Waals surface area contributed by atoms with E-state index in [4.69, 9.17) is 4.74 Å². The van der Waals surface area contributed by atoms with E-state index < -0.39 is 0 Å². The second-order valence-electron chi connectivity index (χ2n) is 6.64. The zero-order chi connectivity index (χ0) is 19.8. The molecule has 0 aromatic heterocycles. The quantitative estimate of drug-likeness (QED) is 0.359. The van der Waals surface area contributed by atoms with Crippen molar-refractivity contribution >= 4 is 17.6 Å². The molecule has 3 rings (SSSR count). The van der Waals surface area contributed by atoms with E-state index in [0.717, 1.165) is 31.4 Å². The number of imide groups is 1. The van der Waals surface area contributed by atoms with Gasteiger partial charge in [0.2, 0.25) is 0 Å². The van der Waals surface area contributed by atoms with Crippen LogP contribution in [0.3, 0.4) is 0 Å². The largest absolute Gasteiger partial charge is 0.494 e. The van der Waals surface area contributed by atoms with Crippen LogP contribution in [0.5, 0.6) is 5.75 Å². The molecule has 144 valence electrons. The van der Waals surface area contributed by atoms with Crippen LogP contribution in [-0.4, -0.2) is 35.6 Å². The van der Waals surface area contributed by atoms with Crippen molar-refractivity contribution in [2.75, 3.05) is 13.2 Å². The molecule has 1 aliphatic rings. The highest BCUT2D eigenvalue weighted by molar-refractivity contribution is 6.12. The van der Waals surface area contributed by atoms with Crippen LogP contribution in [0.25, 0.3) is 0 Å². The fourth-order valence-electron chi connectivity index (χ4n) is 3.03. The molecule has 0 bridgehead atoms. The van der Waals surface area contributed by atoms with Gasteiger partial charge in [-0.3, -0.25) is 19.3 Å². The Morgan fingerprint density at radius 2 is 1.36 bits per heavy atom. The molecule has 0 radical (unpaired) electrons. The molecular formula is C23H23NO4. The number of rotatable bonds is 10. The number of carbonyl (C=O) groups is 3. The molecule has 0 saturated carbocycles. The summed E-state index contributed by atoms with van der Waals surface area (Å²) in [6, 6.07) is 16.4. The van der Waals surface area contributed by atoms with Gasteiger partial charge in [-0.25, -0.2) is 0 Å². The van der Waals surface area contributed by atoms with Gasteiger partial charge in [0.1, 0.15) is 5.75 Å². The summed E-state index contributed by atoms with van der Waals surface area (Å²) in [5.74, 6) is 0.298. The predicted octanol–water partition coefficient (Wildman–Crippen LogP) is 3.78. The van der Waals surface area contributed by atoms with Gasteiger partial charge in [-0.15, -0.1) is 0 Å². The lowest BCUT2D eigenvalue weighted by Gasteiger charge is -2.13. The van der Waals surface area contributed by atoms with Gasteiger partial charge in [0.15, 0.2) is 5.78 Å². The number of carbonyl (C=O) groups excluding carboxylic acids is 3. The van der Waals surface area contributed by atoms with Crippen molar-refractivity contribution < 1.29 is 19.1 Å². The Morgan fingerprint density at radius 1 is 0.750 bits per heavy atom. The molecule has 0 N–H and O–H groups in total. The molecule has 0 unspecified atom stereocenters. The van der Waals surface area contributed by atoms with Gasteiger partial charge >= 0.3 is 0 Å². The van der Waals surface area contributed by atoms with E-state index in [1.165, 1.54) is 17.1 Å². The van der Waals surface area contributed by atoms with Crippen LogP contribution in [-0.2, 0) is 9.59 Å². The van der Waals surface area contributed by atoms with Gasteiger partial charge in [-0.2, -0.15) is 0 Å². The lowest BCUT2D eigenvalue weighted by Crippen LogP contribution is -2.30. The third kappa shape index (κ3) is 5.16. The average molecular weight is 377 g/mol. The van der Waals surface area contributed by atoms with Crippen molar-refractivity contribution in [3.05, 3.63) is 77.9 Å². The maximum absolute atomic E-state index is 12.4. The first kappa shape index (κ1) is 19.5. The molecule has 5 heteroatoms. The monoisotopic (exact) mass is 377 g/mol. The summed E-state index contributed by atoms with van der Waals surface area (Å²) in [5.41, 5.74) is 1.31. The van der Waals surface area contributed by atoms with Gasteiger partial charge in [0, 0.05) is 29.8 Å². The number of unbranched alkanes of at least 4 members (excludes halogenated alkanes) is 3. The van der Waals surface area contributed by atoms with Crippen molar-refractivity contribution in [1.82, 2.24) is 4.90 Å². The molecule has 0 atom stereocenters. The summed E-state index contributed by atoms with van der Waals surface area (Å²) in [6.45, 7) is 1.07. The molecule has 2 aromatic rings. The number of benzene rings is 2. The van der Waals surface area contributed by atoms with Crippen LogP contribution >= 0.6 is 0 Å². The number of nitrogens with zero attached hydrogens (tertiary/aromatic N) is 1. The normalized spacial score (nSPS) is 13.2. The summed E-state index contributed by atoms with van der Waals surface area (Å²) >= 11 is 0. The summed E-state index contributed by atoms with van der Waals surface area (Å²) in [7, 11) is 0. The highest BCUT2D eigenvalue weighted by Gasteiger charge is 2.22. The molecule has 0 fully saturated rings. The lowest BCUT2D eigenvalue weighted by atomic mass is 10.0. The molecule has 1 aliphatic heterocycles. The van der Waals surface area contributed by atoms with E-state index in [2.05, 4.69) is 0 Å². The Kier molecular flexibility index (Phi) is 6.73. The second-order valence-corrected chi connectivity index (χ2v) is 6.64. The maximum atomic E-state index is 12.4.